The largest absolute Gasteiger partial charge is 0.390 e. The van der Waals surface area contributed by atoms with Gasteiger partial charge >= 0.3 is 0 Å². The van der Waals surface area contributed by atoms with Gasteiger partial charge in [-0.1, -0.05) is 38.8 Å². The number of nitrogens with one attached hydrogen (secondary N) is 1. The Morgan fingerprint density at radius 1 is 1.32 bits per heavy atom. The lowest BCUT2D eigenvalue weighted by Crippen LogP contribution is -2.70. The molecule has 3 saturated carbocycles. The van der Waals surface area contributed by atoms with Crippen LogP contribution in [0.15, 0.2) is 23.8 Å². The van der Waals surface area contributed by atoms with Gasteiger partial charge in [-0.25, -0.2) is 4.39 Å². The molecule has 4 rings (SSSR count). The lowest BCUT2D eigenvalue weighted by atomic mass is 9.44. The molecule has 0 bridgehead atoms. The number of halogens is 1. The molecule has 0 saturated heterocycles. The van der Waals surface area contributed by atoms with E-state index in [2.05, 4.69) is 5.32 Å². The van der Waals surface area contributed by atoms with Crippen molar-refractivity contribution in [2.45, 2.75) is 83.6 Å². The molecule has 1 amide bonds. The lowest BCUT2D eigenvalue weighted by Gasteiger charge is -2.62. The average molecular weight is 434 g/mol. The standard InChI is InChI=1S/C25H36FNO4/c1-5-6-11-27-21(30)25(31)15(2)12-19-18-8-7-16-13-17(28)9-10-22(16,3)24(18,26)20(29)14-23(19,25)4/h9-10,13,15,18-20,29,31H,5-8,11-12,14H2,1-4H3,(H,27,30)/t15-,18+,19+,20+,22+,23+,24+,25+/m1/s1. The van der Waals surface area contributed by atoms with Crippen LogP contribution in [0, 0.1) is 28.6 Å². The molecule has 0 aliphatic heterocycles. The van der Waals surface area contributed by atoms with Crippen LogP contribution < -0.4 is 5.32 Å². The predicted molar refractivity (Wildman–Crippen MR) is 116 cm³/mol. The third-order valence-corrected chi connectivity index (χ3v) is 9.38. The molecule has 0 heterocycles. The predicted octanol–water partition coefficient (Wildman–Crippen LogP) is 3.25. The van der Waals surface area contributed by atoms with Gasteiger partial charge in [0.25, 0.3) is 5.91 Å². The molecular formula is C25H36FNO4. The summed E-state index contributed by atoms with van der Waals surface area (Å²) < 4.78 is 17.1. The summed E-state index contributed by atoms with van der Waals surface area (Å²) in [5, 5.41) is 26.0. The quantitative estimate of drug-likeness (QED) is 0.594. The second-order valence-corrected chi connectivity index (χ2v) is 10.8. The zero-order valence-electron chi connectivity index (χ0n) is 19.1. The number of ketones is 1. The molecule has 0 aromatic carbocycles. The number of hydrogen-bond acceptors (Lipinski definition) is 4. The first-order valence-electron chi connectivity index (χ1n) is 11.8. The number of carbonyl (C=O) groups is 2. The minimum Gasteiger partial charge on any atom is -0.390 e. The molecule has 0 unspecified atom stereocenters. The maximum Gasteiger partial charge on any atom is 0.252 e. The van der Waals surface area contributed by atoms with Crippen LogP contribution in [-0.2, 0) is 9.59 Å². The zero-order chi connectivity index (χ0) is 22.8. The molecule has 6 heteroatoms. The summed E-state index contributed by atoms with van der Waals surface area (Å²) in [7, 11) is 0. The number of aliphatic hydroxyl groups excluding tert-OH is 1. The smallest absolute Gasteiger partial charge is 0.252 e. The van der Waals surface area contributed by atoms with Gasteiger partial charge < -0.3 is 15.5 Å². The van der Waals surface area contributed by atoms with Crippen molar-refractivity contribution in [1.29, 1.82) is 0 Å². The third-order valence-electron chi connectivity index (χ3n) is 9.38. The van der Waals surface area contributed by atoms with E-state index in [1.807, 2.05) is 20.8 Å². The maximum atomic E-state index is 17.1. The van der Waals surface area contributed by atoms with Crippen LogP contribution in [0.3, 0.4) is 0 Å². The van der Waals surface area contributed by atoms with Crippen molar-refractivity contribution in [3.8, 4) is 0 Å². The molecular weight excluding hydrogens is 397 g/mol. The highest BCUT2D eigenvalue weighted by molar-refractivity contribution is 6.01. The van der Waals surface area contributed by atoms with Crippen LogP contribution >= 0.6 is 0 Å². The summed E-state index contributed by atoms with van der Waals surface area (Å²) >= 11 is 0. The van der Waals surface area contributed by atoms with E-state index < -0.39 is 40.0 Å². The van der Waals surface area contributed by atoms with Crippen LogP contribution in [0.1, 0.15) is 66.2 Å². The number of alkyl halides is 1. The maximum absolute atomic E-state index is 17.1. The van der Waals surface area contributed by atoms with E-state index in [1.165, 1.54) is 12.2 Å². The highest BCUT2D eigenvalue weighted by Crippen LogP contribution is 2.70. The molecule has 5 nitrogen and oxygen atoms in total. The van der Waals surface area contributed by atoms with E-state index in [4.69, 9.17) is 0 Å². The van der Waals surface area contributed by atoms with E-state index in [0.717, 1.165) is 18.4 Å². The van der Waals surface area contributed by atoms with Crippen molar-refractivity contribution in [3.63, 3.8) is 0 Å². The number of hydrogen-bond donors (Lipinski definition) is 3. The van der Waals surface area contributed by atoms with Gasteiger partial charge in [-0.3, -0.25) is 9.59 Å². The Labute approximate surface area is 184 Å². The van der Waals surface area contributed by atoms with Crippen LogP contribution in [-0.4, -0.2) is 45.8 Å². The highest BCUT2D eigenvalue weighted by atomic mass is 19.1. The van der Waals surface area contributed by atoms with Gasteiger partial charge in [0.05, 0.1) is 6.10 Å². The number of rotatable bonds is 4. The number of fused-ring (bicyclic) bond motifs is 5. The van der Waals surface area contributed by atoms with Crippen LogP contribution in [0.5, 0.6) is 0 Å². The molecule has 0 aromatic rings. The molecule has 0 spiro atoms. The number of aliphatic hydroxyl groups is 2. The topological polar surface area (TPSA) is 86.6 Å². The Morgan fingerprint density at radius 2 is 2.03 bits per heavy atom. The molecule has 8 atom stereocenters. The number of carbonyl (C=O) groups excluding carboxylic acids is 2. The fraction of sp³-hybridized carbons (Fsp3) is 0.760. The first kappa shape index (κ1) is 22.7. The van der Waals surface area contributed by atoms with E-state index in [-0.39, 0.29) is 24.0 Å². The second kappa shape index (κ2) is 7.24. The summed E-state index contributed by atoms with van der Waals surface area (Å²) in [5.41, 5.74) is -4.84. The minimum absolute atomic E-state index is 0.0113. The Morgan fingerprint density at radius 3 is 2.71 bits per heavy atom. The van der Waals surface area contributed by atoms with Gasteiger partial charge in [-0.2, -0.15) is 0 Å². The van der Waals surface area contributed by atoms with Gasteiger partial charge in [0.1, 0.15) is 0 Å². The molecule has 3 fully saturated rings. The van der Waals surface area contributed by atoms with E-state index in [9.17, 15) is 19.8 Å². The molecule has 3 N–H and O–H groups in total. The minimum atomic E-state index is -1.94. The van der Waals surface area contributed by atoms with Gasteiger partial charge in [-0.05, 0) is 63.0 Å². The Bertz CT molecular complexity index is 854. The SMILES string of the molecule is CCCCNC(=O)[C@@]1(O)[C@H](C)C[C@H]2[C@@H]3CCC4=CC(=O)C=C[C@]4(C)[C@@]3(F)[C@@H](O)C[C@@]21C. The molecule has 4 aliphatic carbocycles. The zero-order valence-corrected chi connectivity index (χ0v) is 19.1. The third kappa shape index (κ3) is 2.73. The molecule has 4 aliphatic rings. The summed E-state index contributed by atoms with van der Waals surface area (Å²) in [6.07, 6.45) is 6.60. The van der Waals surface area contributed by atoms with Gasteiger partial charge in [-0.15, -0.1) is 0 Å². The van der Waals surface area contributed by atoms with Crippen molar-refractivity contribution >= 4 is 11.7 Å². The monoisotopic (exact) mass is 433 g/mol. The van der Waals surface area contributed by atoms with Gasteiger partial charge in [0, 0.05) is 23.3 Å². The fourth-order valence-corrected chi connectivity index (χ4v) is 7.54. The summed E-state index contributed by atoms with van der Waals surface area (Å²) in [6, 6.07) is 0. The van der Waals surface area contributed by atoms with Crippen LogP contribution in [0.25, 0.3) is 0 Å². The first-order valence-corrected chi connectivity index (χ1v) is 11.8. The summed E-state index contributed by atoms with van der Waals surface area (Å²) in [6.45, 7) is 8.03. The highest BCUT2D eigenvalue weighted by Gasteiger charge is 2.75. The van der Waals surface area contributed by atoms with Crippen LogP contribution in [0.4, 0.5) is 4.39 Å². The Hall–Kier alpha value is -1.53. The lowest BCUT2D eigenvalue weighted by molar-refractivity contribution is -0.219. The first-order chi connectivity index (χ1) is 14.5. The molecule has 31 heavy (non-hydrogen) atoms. The van der Waals surface area contributed by atoms with Gasteiger partial charge in [0.15, 0.2) is 17.1 Å². The Kier molecular flexibility index (Phi) is 5.29. The van der Waals surface area contributed by atoms with E-state index >= 15 is 4.39 Å². The second-order valence-electron chi connectivity index (χ2n) is 10.8. The van der Waals surface area contributed by atoms with Crippen molar-refractivity contribution in [1.82, 2.24) is 5.32 Å². The molecule has 172 valence electrons. The molecule has 0 aromatic heterocycles. The van der Waals surface area contributed by atoms with Crippen molar-refractivity contribution in [3.05, 3.63) is 23.8 Å². The van der Waals surface area contributed by atoms with Crippen LogP contribution in [0.2, 0.25) is 0 Å². The number of unbranched alkanes of at least 4 members (excludes halogenated alkanes) is 1. The normalized spacial score (nSPS) is 48.5. The fourth-order valence-electron chi connectivity index (χ4n) is 7.54. The average Bonchev–Trinajstić information content (AvgIpc) is 2.91. The Balaban J connectivity index is 1.73. The number of allylic oxidation sites excluding steroid dienone is 4. The van der Waals surface area contributed by atoms with Crippen molar-refractivity contribution in [2.75, 3.05) is 6.54 Å². The summed E-state index contributed by atoms with van der Waals surface area (Å²) in [5.74, 6) is -1.62. The van der Waals surface area contributed by atoms with E-state index in [1.54, 1.807) is 13.0 Å². The number of amides is 1. The molecule has 0 radical (unpaired) electrons. The van der Waals surface area contributed by atoms with Gasteiger partial charge in [0.2, 0.25) is 0 Å². The van der Waals surface area contributed by atoms with E-state index in [0.29, 0.717) is 25.8 Å². The van der Waals surface area contributed by atoms with Crippen molar-refractivity contribution in [2.24, 2.45) is 28.6 Å². The summed E-state index contributed by atoms with van der Waals surface area (Å²) in [4.78, 5) is 25.1. The van der Waals surface area contributed by atoms with Crippen molar-refractivity contribution < 1.29 is 24.2 Å².